The fourth-order valence-electron chi connectivity index (χ4n) is 0.563. The van der Waals surface area contributed by atoms with Crippen LogP contribution in [-0.2, 0) is 10.4 Å². The van der Waals surface area contributed by atoms with Crippen molar-refractivity contribution < 1.29 is 17.5 Å². The van der Waals surface area contributed by atoms with Gasteiger partial charge in [0.1, 0.15) is 0 Å². The Morgan fingerprint density at radius 3 is 2.25 bits per heavy atom. The van der Waals surface area contributed by atoms with E-state index in [0.29, 0.717) is 6.54 Å². The highest BCUT2D eigenvalue weighted by molar-refractivity contribution is 7.98. The maximum atomic E-state index is 8.74. The van der Waals surface area contributed by atoms with Crippen LogP contribution in [0, 0.1) is 0 Å². The molecule has 0 aromatic carbocycles. The summed E-state index contributed by atoms with van der Waals surface area (Å²) in [7, 11) is -4.67. The highest BCUT2D eigenvalue weighted by atomic mass is 32.3. The van der Waals surface area contributed by atoms with Crippen molar-refractivity contribution in [1.29, 1.82) is 0 Å². The molecule has 0 heterocycles. The van der Waals surface area contributed by atoms with Gasteiger partial charge in [-0.2, -0.15) is 20.2 Å². The number of nitrogens with two attached hydrogens (primary N) is 2. The topological polar surface area (TPSA) is 151 Å². The minimum atomic E-state index is -4.67. The first-order valence-corrected chi connectivity index (χ1v) is 7.01. The van der Waals surface area contributed by atoms with Crippen LogP contribution in [0.3, 0.4) is 0 Å². The van der Waals surface area contributed by atoms with E-state index in [1.807, 2.05) is 11.8 Å². The van der Waals surface area contributed by atoms with Crippen molar-refractivity contribution in [2.24, 2.45) is 16.5 Å². The lowest BCUT2D eigenvalue weighted by Crippen LogP contribution is -2.26. The second-order valence-electron chi connectivity index (χ2n) is 2.50. The number of nitrogens with one attached hydrogen (secondary N) is 1. The predicted molar refractivity (Wildman–Crippen MR) is 66.1 cm³/mol. The van der Waals surface area contributed by atoms with Crippen molar-refractivity contribution >= 4 is 28.1 Å². The summed E-state index contributed by atoms with van der Waals surface area (Å²) in [5.41, 5.74) is 10.3. The Kier molecular flexibility index (Phi) is 12.2. The average Bonchev–Trinajstić information content (AvgIpc) is 2.08. The van der Waals surface area contributed by atoms with Crippen molar-refractivity contribution in [3.05, 3.63) is 0 Å². The summed E-state index contributed by atoms with van der Waals surface area (Å²) in [6.45, 7) is 2.52. The quantitative estimate of drug-likeness (QED) is 0.171. The first-order chi connectivity index (χ1) is 7.27. The SMILES string of the molecule is CSCCNCCN=C(N)N.O=S(=O)(O)O. The highest BCUT2D eigenvalue weighted by Crippen LogP contribution is 1.86. The Hall–Kier alpha value is -0.550. The molecule has 0 aromatic rings. The molecule has 0 bridgehead atoms. The number of thioether (sulfide) groups is 1. The summed E-state index contributed by atoms with van der Waals surface area (Å²) in [6, 6.07) is 0. The van der Waals surface area contributed by atoms with Gasteiger partial charge in [0.2, 0.25) is 0 Å². The van der Waals surface area contributed by atoms with Crippen LogP contribution in [0.5, 0.6) is 0 Å². The molecule has 10 heteroatoms. The lowest BCUT2D eigenvalue weighted by Gasteiger charge is -1.99. The largest absolute Gasteiger partial charge is 0.394 e. The molecule has 0 spiro atoms. The number of guanidine groups is 1. The van der Waals surface area contributed by atoms with Gasteiger partial charge in [0.25, 0.3) is 0 Å². The van der Waals surface area contributed by atoms with E-state index in [2.05, 4.69) is 16.6 Å². The van der Waals surface area contributed by atoms with E-state index in [-0.39, 0.29) is 5.96 Å². The third-order valence-electron chi connectivity index (χ3n) is 1.07. The minimum Gasteiger partial charge on any atom is -0.370 e. The maximum absolute atomic E-state index is 8.74. The van der Waals surface area contributed by atoms with Gasteiger partial charge in [-0.1, -0.05) is 0 Å². The summed E-state index contributed by atoms with van der Waals surface area (Å²) in [6.07, 6.45) is 2.08. The molecule has 0 unspecified atom stereocenters. The van der Waals surface area contributed by atoms with E-state index < -0.39 is 10.4 Å². The highest BCUT2D eigenvalue weighted by Gasteiger charge is 1.85. The second-order valence-corrected chi connectivity index (χ2v) is 4.38. The zero-order chi connectivity index (χ0) is 13.0. The molecular weight excluding hydrogens is 256 g/mol. The number of rotatable bonds is 6. The van der Waals surface area contributed by atoms with Gasteiger partial charge in [-0.25, -0.2) is 0 Å². The monoisotopic (exact) mass is 274 g/mol. The molecule has 0 saturated carbocycles. The number of nitrogens with zero attached hydrogens (tertiary/aromatic N) is 1. The van der Waals surface area contributed by atoms with Crippen molar-refractivity contribution in [2.75, 3.05) is 31.6 Å². The van der Waals surface area contributed by atoms with Crippen molar-refractivity contribution in [3.8, 4) is 0 Å². The Bertz CT molecular complexity index is 268. The maximum Gasteiger partial charge on any atom is 0.394 e. The van der Waals surface area contributed by atoms with Crippen LogP contribution >= 0.6 is 11.8 Å². The summed E-state index contributed by atoms with van der Waals surface area (Å²) < 4.78 is 31.6. The van der Waals surface area contributed by atoms with Gasteiger partial charge >= 0.3 is 10.4 Å². The van der Waals surface area contributed by atoms with Gasteiger partial charge in [0.15, 0.2) is 5.96 Å². The second kappa shape index (κ2) is 11.0. The molecule has 0 fully saturated rings. The van der Waals surface area contributed by atoms with E-state index in [0.717, 1.165) is 18.8 Å². The fourth-order valence-corrected chi connectivity index (χ4v) is 0.912. The molecule has 0 aliphatic heterocycles. The van der Waals surface area contributed by atoms with Crippen LogP contribution < -0.4 is 16.8 Å². The van der Waals surface area contributed by atoms with Crippen LogP contribution in [0.1, 0.15) is 0 Å². The van der Waals surface area contributed by atoms with Gasteiger partial charge in [-0.05, 0) is 6.26 Å². The molecule has 0 aliphatic rings. The zero-order valence-electron chi connectivity index (χ0n) is 8.96. The minimum absolute atomic E-state index is 0.164. The number of hydrogen-bond donors (Lipinski definition) is 5. The van der Waals surface area contributed by atoms with Gasteiger partial charge < -0.3 is 16.8 Å². The van der Waals surface area contributed by atoms with Crippen LogP contribution in [0.15, 0.2) is 4.99 Å². The van der Waals surface area contributed by atoms with E-state index in [4.69, 9.17) is 29.0 Å². The molecule has 8 nitrogen and oxygen atoms in total. The zero-order valence-corrected chi connectivity index (χ0v) is 10.6. The Morgan fingerprint density at radius 2 is 1.88 bits per heavy atom. The molecule has 0 saturated heterocycles. The lowest BCUT2D eigenvalue weighted by molar-refractivity contribution is 0.381. The third-order valence-corrected chi connectivity index (χ3v) is 1.68. The summed E-state index contributed by atoms with van der Waals surface area (Å²) in [4.78, 5) is 3.83. The van der Waals surface area contributed by atoms with Crippen LogP contribution in [0.2, 0.25) is 0 Å². The van der Waals surface area contributed by atoms with E-state index in [9.17, 15) is 0 Å². The summed E-state index contributed by atoms with van der Waals surface area (Å²) >= 11 is 1.82. The molecule has 0 amide bonds. The summed E-state index contributed by atoms with van der Waals surface area (Å²) in [5, 5.41) is 3.20. The van der Waals surface area contributed by atoms with Gasteiger partial charge in [-0.3, -0.25) is 14.1 Å². The Labute approximate surface area is 99.4 Å². The third kappa shape index (κ3) is 37.6. The Morgan fingerprint density at radius 1 is 1.38 bits per heavy atom. The fraction of sp³-hybridized carbons (Fsp3) is 0.833. The van der Waals surface area contributed by atoms with Crippen molar-refractivity contribution in [3.63, 3.8) is 0 Å². The van der Waals surface area contributed by atoms with E-state index in [1.54, 1.807) is 0 Å². The summed E-state index contributed by atoms with van der Waals surface area (Å²) in [5.74, 6) is 1.29. The smallest absolute Gasteiger partial charge is 0.370 e. The first kappa shape index (κ1) is 17.8. The average molecular weight is 274 g/mol. The van der Waals surface area contributed by atoms with E-state index >= 15 is 0 Å². The van der Waals surface area contributed by atoms with Crippen LogP contribution in [0.25, 0.3) is 0 Å². The molecular formula is C6H18N4O4S2. The molecule has 0 rings (SSSR count). The normalized spacial score (nSPS) is 10.2. The molecule has 98 valence electrons. The van der Waals surface area contributed by atoms with E-state index in [1.165, 1.54) is 0 Å². The van der Waals surface area contributed by atoms with Crippen LogP contribution in [-0.4, -0.2) is 55.1 Å². The predicted octanol–water partition coefficient (Wildman–Crippen LogP) is -1.44. The first-order valence-electron chi connectivity index (χ1n) is 4.22. The number of hydrogen-bond acceptors (Lipinski definition) is 5. The lowest BCUT2D eigenvalue weighted by atomic mass is 10.6. The molecule has 0 aromatic heterocycles. The van der Waals surface area contributed by atoms with Crippen LogP contribution in [0.4, 0.5) is 0 Å². The van der Waals surface area contributed by atoms with Crippen molar-refractivity contribution in [2.45, 2.75) is 0 Å². The molecule has 0 atom stereocenters. The molecule has 7 N–H and O–H groups in total. The molecule has 16 heavy (non-hydrogen) atoms. The number of aliphatic imine (C=N–C) groups is 1. The molecule has 0 aliphatic carbocycles. The van der Waals surface area contributed by atoms with Gasteiger partial charge in [0.05, 0.1) is 6.54 Å². The van der Waals surface area contributed by atoms with Crippen molar-refractivity contribution in [1.82, 2.24) is 5.32 Å². The van der Waals surface area contributed by atoms with Gasteiger partial charge in [0, 0.05) is 18.8 Å². The Balaban J connectivity index is 0. The standard InChI is InChI=1S/C6H16N4S.H2O4S/c1-11-5-4-9-2-3-10-6(7)8;1-5(2,3)4/h9H,2-5H2,1H3,(H4,7,8,10);(H2,1,2,3,4). The molecule has 0 radical (unpaired) electrons. The van der Waals surface area contributed by atoms with Gasteiger partial charge in [-0.15, -0.1) is 0 Å².